The molecule has 2 aliphatic heterocycles. The highest BCUT2D eigenvalue weighted by atomic mass is 16.6. The first kappa shape index (κ1) is 44.2. The van der Waals surface area contributed by atoms with Gasteiger partial charge in [-0.2, -0.15) is 0 Å². The summed E-state index contributed by atoms with van der Waals surface area (Å²) in [5, 5.41) is 0. The number of benzene rings is 6. The molecule has 0 aromatic heterocycles. The third-order valence-electron chi connectivity index (χ3n) is 10.6. The van der Waals surface area contributed by atoms with Crippen LogP contribution >= 0.6 is 0 Å². The van der Waals surface area contributed by atoms with Crippen molar-refractivity contribution in [1.82, 2.24) is 0 Å². The minimum atomic E-state index is -0.559. The normalized spacial score (nSPS) is 13.0. The van der Waals surface area contributed by atoms with Crippen LogP contribution in [0.3, 0.4) is 0 Å². The lowest BCUT2D eigenvalue weighted by Crippen LogP contribution is -2.35. The van der Waals surface area contributed by atoms with Crippen molar-refractivity contribution in [3.63, 3.8) is 0 Å². The number of hydrogen-bond acceptors (Lipinski definition) is 7. The van der Waals surface area contributed by atoms with E-state index in [1.165, 1.54) is 16.7 Å². The number of carbonyl (C=O) groups excluding carboxylic acids is 3. The molecule has 2 aliphatic rings. The fourth-order valence-corrected chi connectivity index (χ4v) is 7.57. The molecule has 0 atom stereocenters. The summed E-state index contributed by atoms with van der Waals surface area (Å²) in [6.45, 7) is 12.9. The summed E-state index contributed by atoms with van der Waals surface area (Å²) in [7, 11) is 0. The molecule has 0 bridgehead atoms. The fourth-order valence-electron chi connectivity index (χ4n) is 7.57. The van der Waals surface area contributed by atoms with E-state index in [1.807, 2.05) is 139 Å². The zero-order valence-electron chi connectivity index (χ0n) is 37.1. The average Bonchev–Trinajstić information content (AvgIpc) is 3.92. The number of fused-ring (bicyclic) bond motifs is 2. The zero-order chi connectivity index (χ0) is 44.6. The molecule has 8 rings (SSSR count). The highest BCUT2D eigenvalue weighted by Crippen LogP contribution is 2.37. The van der Waals surface area contributed by atoms with Crippen LogP contribution in [-0.2, 0) is 28.7 Å². The Kier molecular flexibility index (Phi) is 13.6. The summed E-state index contributed by atoms with van der Waals surface area (Å²) in [6.07, 6.45) is 1.58. The van der Waals surface area contributed by atoms with Crippen molar-refractivity contribution < 1.29 is 33.3 Å². The van der Waals surface area contributed by atoms with Crippen molar-refractivity contribution >= 4 is 29.3 Å². The van der Waals surface area contributed by atoms with Crippen LogP contribution in [0.2, 0.25) is 0 Å². The van der Waals surface area contributed by atoms with Crippen LogP contribution in [0.5, 0.6) is 11.5 Å². The van der Waals surface area contributed by atoms with Crippen LogP contribution in [0.4, 0.5) is 21.0 Å². The van der Waals surface area contributed by atoms with Crippen LogP contribution < -0.4 is 19.3 Å². The van der Waals surface area contributed by atoms with Crippen LogP contribution in [0.25, 0.3) is 22.3 Å². The molecular weight excluding hydrogens is 789 g/mol. The second-order valence-corrected chi connectivity index (χ2v) is 17.6. The molecule has 9 heteroatoms. The molecule has 63 heavy (non-hydrogen) atoms. The molecule has 6 aromatic rings. The van der Waals surface area contributed by atoms with Gasteiger partial charge in [0.15, 0.2) is 12.4 Å². The fraction of sp³-hybridized carbons (Fsp3) is 0.278. The van der Waals surface area contributed by atoms with Gasteiger partial charge in [-0.05, 0) is 106 Å². The van der Waals surface area contributed by atoms with Crippen molar-refractivity contribution in [3.8, 4) is 33.8 Å². The van der Waals surface area contributed by atoms with Crippen LogP contribution in [0.1, 0.15) is 68.6 Å². The van der Waals surface area contributed by atoms with Crippen molar-refractivity contribution in [2.75, 3.05) is 36.1 Å². The summed E-state index contributed by atoms with van der Waals surface area (Å²) < 4.78 is 23.1. The lowest BCUT2D eigenvalue weighted by Gasteiger charge is -2.24. The largest absolute Gasteiger partial charge is 0.493 e. The highest BCUT2D eigenvalue weighted by Gasteiger charge is 2.32. The van der Waals surface area contributed by atoms with Gasteiger partial charge in [0.25, 0.3) is 0 Å². The molecule has 324 valence electrons. The summed E-state index contributed by atoms with van der Waals surface area (Å²) in [5.41, 5.74) is 9.04. The molecule has 9 nitrogen and oxygen atoms in total. The van der Waals surface area contributed by atoms with E-state index in [0.29, 0.717) is 37.4 Å². The van der Waals surface area contributed by atoms with E-state index in [0.717, 1.165) is 52.2 Å². The Morgan fingerprint density at radius 3 is 1.38 bits per heavy atom. The van der Waals surface area contributed by atoms with E-state index in [1.54, 1.807) is 9.80 Å². The van der Waals surface area contributed by atoms with E-state index >= 15 is 0 Å². The third-order valence-corrected chi connectivity index (χ3v) is 10.6. The SMILES string of the molecule is CC(C)(C)OC(=O)N1CCc2c(OCC(=O)c3ccc(-c4ccccc4)cc3)cccc21.CC(C)(C)OC(=O)N1CCc2c(OCCc3ccc(-c4ccccc4)cc3)cccc21. The molecule has 0 fully saturated rings. The quantitative estimate of drug-likeness (QED) is 0.127. The van der Waals surface area contributed by atoms with Crippen molar-refractivity contribution in [2.45, 2.75) is 72.0 Å². The number of Topliss-reactive ketones (excluding diaryl/α,β-unsaturated/α-hetero) is 1. The number of rotatable bonds is 10. The standard InChI is InChI=1S/C27H27NO4.C27H29NO3/c1-27(2,3)32-26(30)28-17-16-22-23(28)10-7-11-25(22)31-18-24(29)21-14-12-20(13-15-21)19-8-5-4-6-9-19;1-27(2,3)31-26(29)28-18-16-23-24(28)10-7-11-25(23)30-19-17-20-12-14-22(15-13-20)21-8-5-4-6-9-21/h4-15H,16-18H2,1-3H3;4-15H,16-19H2,1-3H3. The van der Waals surface area contributed by atoms with Crippen molar-refractivity contribution in [1.29, 1.82) is 0 Å². The van der Waals surface area contributed by atoms with E-state index < -0.39 is 11.2 Å². The van der Waals surface area contributed by atoms with Gasteiger partial charge in [0.1, 0.15) is 22.7 Å². The topological polar surface area (TPSA) is 94.6 Å². The summed E-state index contributed by atoms with van der Waals surface area (Å²) in [6, 6.07) is 48.0. The van der Waals surface area contributed by atoms with Gasteiger partial charge >= 0.3 is 12.2 Å². The third kappa shape index (κ3) is 11.5. The first-order valence-electron chi connectivity index (χ1n) is 21.6. The van der Waals surface area contributed by atoms with Crippen LogP contribution in [-0.4, -0.2) is 55.5 Å². The van der Waals surface area contributed by atoms with E-state index in [4.69, 9.17) is 18.9 Å². The molecule has 0 aliphatic carbocycles. The minimum absolute atomic E-state index is 0.0619. The minimum Gasteiger partial charge on any atom is -0.493 e. The number of hydrogen-bond donors (Lipinski definition) is 0. The summed E-state index contributed by atoms with van der Waals surface area (Å²) in [5.74, 6) is 1.39. The van der Waals surface area contributed by atoms with Crippen LogP contribution in [0, 0.1) is 0 Å². The lowest BCUT2D eigenvalue weighted by atomic mass is 10.0. The summed E-state index contributed by atoms with van der Waals surface area (Å²) >= 11 is 0. The van der Waals surface area contributed by atoms with Gasteiger partial charge in [-0.3, -0.25) is 14.6 Å². The van der Waals surface area contributed by atoms with Gasteiger partial charge in [-0.1, -0.05) is 121 Å². The Morgan fingerprint density at radius 2 is 0.921 bits per heavy atom. The maximum absolute atomic E-state index is 12.7. The molecule has 0 saturated heterocycles. The number of ether oxygens (including phenoxy) is 4. The number of ketones is 1. The zero-order valence-corrected chi connectivity index (χ0v) is 37.1. The molecule has 6 aromatic carbocycles. The number of amides is 2. The van der Waals surface area contributed by atoms with Crippen molar-refractivity contribution in [3.05, 3.63) is 168 Å². The predicted octanol–water partition coefficient (Wildman–Crippen LogP) is 12.2. The highest BCUT2D eigenvalue weighted by molar-refractivity contribution is 5.98. The maximum Gasteiger partial charge on any atom is 0.414 e. The molecule has 0 spiro atoms. The predicted molar refractivity (Wildman–Crippen MR) is 250 cm³/mol. The lowest BCUT2D eigenvalue weighted by molar-refractivity contribution is 0.0573. The van der Waals surface area contributed by atoms with Crippen LogP contribution in [0.15, 0.2) is 146 Å². The Bertz CT molecular complexity index is 2510. The molecule has 2 heterocycles. The first-order valence-corrected chi connectivity index (χ1v) is 21.6. The Morgan fingerprint density at radius 1 is 0.492 bits per heavy atom. The Hall–Kier alpha value is -6.87. The molecular formula is C54H56N2O7. The molecule has 0 unspecified atom stereocenters. The van der Waals surface area contributed by atoms with E-state index in [9.17, 15) is 14.4 Å². The number of nitrogens with zero attached hydrogens (tertiary/aromatic N) is 2. The first-order chi connectivity index (χ1) is 30.2. The number of carbonyl (C=O) groups is 3. The smallest absolute Gasteiger partial charge is 0.414 e. The van der Waals surface area contributed by atoms with Gasteiger partial charge in [-0.25, -0.2) is 9.59 Å². The van der Waals surface area contributed by atoms with E-state index in [-0.39, 0.29) is 24.6 Å². The maximum atomic E-state index is 12.7. The van der Waals surface area contributed by atoms with Gasteiger partial charge in [0.2, 0.25) is 0 Å². The second kappa shape index (κ2) is 19.5. The van der Waals surface area contributed by atoms with Crippen molar-refractivity contribution in [2.24, 2.45) is 0 Å². The molecule has 2 amide bonds. The summed E-state index contributed by atoms with van der Waals surface area (Å²) in [4.78, 5) is 41.1. The second-order valence-electron chi connectivity index (χ2n) is 17.6. The van der Waals surface area contributed by atoms with Gasteiger partial charge in [-0.15, -0.1) is 0 Å². The molecule has 0 radical (unpaired) electrons. The monoisotopic (exact) mass is 844 g/mol. The van der Waals surface area contributed by atoms with E-state index in [2.05, 4.69) is 48.5 Å². The Labute approximate surface area is 371 Å². The number of anilines is 2. The molecule has 0 N–H and O–H groups in total. The average molecular weight is 845 g/mol. The molecule has 0 saturated carbocycles. The van der Waals surface area contributed by atoms with Gasteiger partial charge in [0.05, 0.1) is 18.0 Å². The van der Waals surface area contributed by atoms with Gasteiger partial charge in [0, 0.05) is 36.2 Å². The van der Waals surface area contributed by atoms with Gasteiger partial charge < -0.3 is 18.9 Å². The Balaban J connectivity index is 0.000000189.